The molecule has 210 valence electrons. The molecule has 3 rings (SSSR count). The highest BCUT2D eigenvalue weighted by Gasteiger charge is 2.34. The van der Waals surface area contributed by atoms with Crippen molar-refractivity contribution in [1.82, 2.24) is 10.2 Å². The number of thioether (sulfide) groups is 1. The number of aliphatic hydroxyl groups is 1. The summed E-state index contributed by atoms with van der Waals surface area (Å²) in [5, 5.41) is 34.1. The van der Waals surface area contributed by atoms with E-state index in [1.165, 1.54) is 60.3 Å². The van der Waals surface area contributed by atoms with E-state index < -0.39 is 28.1 Å². The second kappa shape index (κ2) is 14.6. The van der Waals surface area contributed by atoms with Crippen molar-refractivity contribution >= 4 is 48.0 Å². The van der Waals surface area contributed by atoms with Crippen LogP contribution in [0.2, 0.25) is 0 Å². The third-order valence-electron chi connectivity index (χ3n) is 5.76. The Hall–Kier alpha value is -3.56. The number of alkyl carbamates (subject to hydrolysis) is 1. The highest BCUT2D eigenvalue weighted by atomic mass is 32.2. The summed E-state index contributed by atoms with van der Waals surface area (Å²) in [6.07, 6.45) is -1.43. The molecule has 3 atom stereocenters. The quantitative estimate of drug-likeness (QED) is 0.191. The fourth-order valence-corrected chi connectivity index (χ4v) is 5.26. The molecule has 1 aliphatic heterocycles. The van der Waals surface area contributed by atoms with Crippen molar-refractivity contribution in [2.45, 2.75) is 37.0 Å². The summed E-state index contributed by atoms with van der Waals surface area (Å²) in [4.78, 5) is 46.5. The molecule has 0 bridgehead atoms. The molecule has 39 heavy (non-hydrogen) atoms. The summed E-state index contributed by atoms with van der Waals surface area (Å²) in [5.41, 5.74) is 1.11. The van der Waals surface area contributed by atoms with E-state index in [9.17, 15) is 34.9 Å². The van der Waals surface area contributed by atoms with Crippen molar-refractivity contribution in [2.75, 3.05) is 24.6 Å². The van der Waals surface area contributed by atoms with Gasteiger partial charge >= 0.3 is 12.2 Å². The summed E-state index contributed by atoms with van der Waals surface area (Å²) in [6, 6.07) is 11.2. The maximum Gasteiger partial charge on any atom is 0.410 e. The Kier molecular flexibility index (Phi) is 11.2. The van der Waals surface area contributed by atoms with Gasteiger partial charge in [-0.2, -0.15) is 24.4 Å². The number of hydrogen-bond donors (Lipinski definition) is 3. The van der Waals surface area contributed by atoms with Gasteiger partial charge in [0.1, 0.15) is 13.2 Å². The van der Waals surface area contributed by atoms with Gasteiger partial charge in [0.25, 0.3) is 11.4 Å². The first-order valence-corrected chi connectivity index (χ1v) is 13.5. The average Bonchev–Trinajstić information content (AvgIpc) is 3.30. The molecule has 0 saturated carbocycles. The zero-order valence-corrected chi connectivity index (χ0v) is 22.4. The number of rotatable bonds is 12. The molecule has 15 heteroatoms. The number of aliphatic hydroxyl groups excluding tert-OH is 1. The molecule has 2 aromatic rings. The van der Waals surface area contributed by atoms with Crippen LogP contribution in [0.3, 0.4) is 0 Å². The number of amides is 2. The molecule has 2 amide bonds. The first-order valence-electron chi connectivity index (χ1n) is 11.9. The summed E-state index contributed by atoms with van der Waals surface area (Å²) in [6.45, 7) is 0.289. The minimum Gasteiger partial charge on any atom is -0.445 e. The number of ether oxygens (including phenoxy) is 2. The van der Waals surface area contributed by atoms with Gasteiger partial charge in [-0.1, -0.05) is 0 Å². The van der Waals surface area contributed by atoms with Gasteiger partial charge in [0.2, 0.25) is 0 Å². The summed E-state index contributed by atoms with van der Waals surface area (Å²) < 4.78 is 10.4. The van der Waals surface area contributed by atoms with Crippen LogP contribution in [0.5, 0.6) is 0 Å². The van der Waals surface area contributed by atoms with Crippen molar-refractivity contribution in [3.05, 3.63) is 79.9 Å². The molecule has 1 unspecified atom stereocenters. The Labute approximate surface area is 233 Å². The molecule has 1 saturated heterocycles. The number of benzene rings is 2. The SMILES string of the molecule is O=C(NCC(O)CSC[C@@H]1C[C@H](S)CN1C(=O)OCc1ccc([N+](=O)[O-])cc1)OCc1ccc([N+](=O)[O-])cc1. The van der Waals surface area contributed by atoms with Crippen molar-refractivity contribution in [1.29, 1.82) is 0 Å². The van der Waals surface area contributed by atoms with E-state index in [1.807, 2.05) is 0 Å². The third kappa shape index (κ3) is 9.60. The van der Waals surface area contributed by atoms with Crippen molar-refractivity contribution in [3.8, 4) is 0 Å². The highest BCUT2D eigenvalue weighted by Crippen LogP contribution is 2.26. The van der Waals surface area contributed by atoms with Gasteiger partial charge in [-0.15, -0.1) is 0 Å². The molecule has 2 N–H and O–H groups in total. The van der Waals surface area contributed by atoms with Crippen LogP contribution in [0.1, 0.15) is 17.5 Å². The van der Waals surface area contributed by atoms with E-state index in [2.05, 4.69) is 17.9 Å². The minimum atomic E-state index is -0.849. The maximum absolute atomic E-state index is 12.6. The summed E-state index contributed by atoms with van der Waals surface area (Å²) in [5.74, 6) is 0.841. The third-order valence-corrected chi connectivity index (χ3v) is 7.37. The van der Waals surface area contributed by atoms with Gasteiger partial charge < -0.3 is 24.8 Å². The lowest BCUT2D eigenvalue weighted by Gasteiger charge is -2.24. The molecule has 0 aliphatic carbocycles. The number of nitrogens with one attached hydrogen (secondary N) is 1. The van der Waals surface area contributed by atoms with E-state index in [4.69, 9.17) is 9.47 Å². The normalized spacial score (nSPS) is 17.3. The molecule has 13 nitrogen and oxygen atoms in total. The van der Waals surface area contributed by atoms with Gasteiger partial charge in [0.05, 0.1) is 16.0 Å². The predicted octanol–water partition coefficient (Wildman–Crippen LogP) is 3.53. The predicted molar refractivity (Wildman–Crippen MR) is 146 cm³/mol. The van der Waals surface area contributed by atoms with Crippen LogP contribution in [0.4, 0.5) is 21.0 Å². The molecular formula is C24H28N4O9S2. The van der Waals surface area contributed by atoms with Crippen molar-refractivity contribution in [3.63, 3.8) is 0 Å². The van der Waals surface area contributed by atoms with Crippen LogP contribution in [-0.2, 0) is 22.7 Å². The second-order valence-corrected chi connectivity index (χ2v) is 10.6. The van der Waals surface area contributed by atoms with Crippen LogP contribution in [-0.4, -0.2) is 74.0 Å². The van der Waals surface area contributed by atoms with Gasteiger partial charge in [0, 0.05) is 60.2 Å². The van der Waals surface area contributed by atoms with E-state index in [0.717, 1.165) is 0 Å². The molecule has 2 aromatic carbocycles. The smallest absolute Gasteiger partial charge is 0.410 e. The number of likely N-dealkylation sites (tertiary alicyclic amines) is 1. The van der Waals surface area contributed by atoms with Crippen LogP contribution < -0.4 is 5.32 Å². The van der Waals surface area contributed by atoms with Crippen LogP contribution in [0.15, 0.2) is 48.5 Å². The van der Waals surface area contributed by atoms with Crippen LogP contribution >= 0.6 is 24.4 Å². The monoisotopic (exact) mass is 580 g/mol. The van der Waals surface area contributed by atoms with Crippen molar-refractivity contribution in [2.24, 2.45) is 0 Å². The zero-order chi connectivity index (χ0) is 28.4. The lowest BCUT2D eigenvalue weighted by molar-refractivity contribution is -0.385. The lowest BCUT2D eigenvalue weighted by atomic mass is 10.2. The number of carbonyl (C=O) groups excluding carboxylic acids is 2. The Morgan fingerprint density at radius 3 is 2.10 bits per heavy atom. The van der Waals surface area contributed by atoms with Crippen LogP contribution in [0.25, 0.3) is 0 Å². The average molecular weight is 581 g/mol. The molecule has 1 fully saturated rings. The Morgan fingerprint density at radius 1 is 1.03 bits per heavy atom. The number of nitro benzene ring substituents is 2. The topological polar surface area (TPSA) is 174 Å². The molecule has 1 aliphatic rings. The fourth-order valence-electron chi connectivity index (χ4n) is 3.73. The standard InChI is InChI=1S/C24H28N4O9S2/c29-21(10-25-23(30)36-12-16-1-5-18(6-2-16)27(32)33)15-39-14-20-9-22(38)11-26(20)24(31)37-13-17-3-7-19(8-4-17)28(34)35/h1-8,20-22,29,38H,9-15H2,(H,25,30)/t20-,21?,22-/m0/s1. The Balaban J connectivity index is 1.34. The van der Waals surface area contributed by atoms with Gasteiger partial charge in [-0.3, -0.25) is 20.2 Å². The van der Waals surface area contributed by atoms with Gasteiger partial charge in [0.15, 0.2) is 0 Å². The Bertz CT molecular complexity index is 1150. The molecular weight excluding hydrogens is 552 g/mol. The largest absolute Gasteiger partial charge is 0.445 e. The van der Waals surface area contributed by atoms with Gasteiger partial charge in [-0.25, -0.2) is 9.59 Å². The van der Waals surface area contributed by atoms with E-state index in [0.29, 0.717) is 35.6 Å². The summed E-state index contributed by atoms with van der Waals surface area (Å²) >= 11 is 5.91. The number of non-ortho nitro benzene ring substituents is 2. The van der Waals surface area contributed by atoms with E-state index >= 15 is 0 Å². The zero-order valence-electron chi connectivity index (χ0n) is 20.7. The molecule has 1 heterocycles. The Morgan fingerprint density at radius 2 is 1.56 bits per heavy atom. The first kappa shape index (κ1) is 30.0. The van der Waals surface area contributed by atoms with Crippen LogP contribution in [0, 0.1) is 20.2 Å². The number of thiol groups is 1. The fraction of sp³-hybridized carbons (Fsp3) is 0.417. The number of nitro groups is 2. The minimum absolute atomic E-state index is 0.0142. The maximum atomic E-state index is 12.6. The molecule has 0 spiro atoms. The highest BCUT2D eigenvalue weighted by molar-refractivity contribution is 7.99. The second-order valence-electron chi connectivity index (χ2n) is 8.75. The van der Waals surface area contributed by atoms with Gasteiger partial charge in [-0.05, 0) is 41.8 Å². The van der Waals surface area contributed by atoms with Crippen molar-refractivity contribution < 1.29 is 34.0 Å². The van der Waals surface area contributed by atoms with E-state index in [1.54, 1.807) is 4.90 Å². The van der Waals surface area contributed by atoms with E-state index in [-0.39, 0.29) is 42.4 Å². The first-order chi connectivity index (χ1) is 18.6. The lowest BCUT2D eigenvalue weighted by Crippen LogP contribution is -2.38. The number of carbonyl (C=O) groups is 2. The summed E-state index contributed by atoms with van der Waals surface area (Å²) in [7, 11) is 0. The molecule has 0 aromatic heterocycles. The molecule has 0 radical (unpaired) electrons. The number of hydrogen-bond acceptors (Lipinski definition) is 11. The number of nitrogens with zero attached hydrogens (tertiary/aromatic N) is 3.